The first-order valence-corrected chi connectivity index (χ1v) is 9.56. The van der Waals surface area contributed by atoms with E-state index in [4.69, 9.17) is 4.74 Å². The predicted octanol–water partition coefficient (Wildman–Crippen LogP) is 2.11. The molecule has 0 unspecified atom stereocenters. The lowest BCUT2D eigenvalue weighted by atomic mass is 10.1. The normalized spacial score (nSPS) is 13.8. The highest BCUT2D eigenvalue weighted by molar-refractivity contribution is 7.89. The van der Waals surface area contributed by atoms with Crippen LogP contribution < -0.4 is 20.1 Å². The first-order chi connectivity index (χ1) is 13.5. The molecule has 8 nitrogen and oxygen atoms in total. The van der Waals surface area contributed by atoms with Crippen LogP contribution >= 0.6 is 0 Å². The van der Waals surface area contributed by atoms with Gasteiger partial charge in [0.05, 0.1) is 10.6 Å². The average Bonchev–Trinajstić information content (AvgIpc) is 2.66. The van der Waals surface area contributed by atoms with Gasteiger partial charge in [-0.15, -0.1) is 0 Å². The van der Waals surface area contributed by atoms with Gasteiger partial charge >= 0.3 is 6.18 Å². The van der Waals surface area contributed by atoms with E-state index in [0.29, 0.717) is 11.4 Å². The van der Waals surface area contributed by atoms with Gasteiger partial charge in [0.1, 0.15) is 12.3 Å². The molecule has 0 aromatic heterocycles. The molecule has 2 amide bonds. The van der Waals surface area contributed by atoms with Crippen molar-refractivity contribution in [2.24, 2.45) is 0 Å². The maximum atomic E-state index is 12.3. The molecule has 2 aromatic carbocycles. The number of alkyl halides is 3. The van der Waals surface area contributed by atoms with E-state index in [0.717, 1.165) is 12.1 Å². The number of carbonyl (C=O) groups is 2. The van der Waals surface area contributed by atoms with E-state index in [1.165, 1.54) is 35.1 Å². The number of hydrogen-bond acceptors (Lipinski definition) is 5. The maximum Gasteiger partial charge on any atom is 0.402 e. The van der Waals surface area contributed by atoms with Crippen molar-refractivity contribution in [3.8, 4) is 5.75 Å². The second-order valence-corrected chi connectivity index (χ2v) is 7.73. The summed E-state index contributed by atoms with van der Waals surface area (Å²) in [6.07, 6.45) is -4.68. The number of fused-ring (bicyclic) bond motifs is 1. The Labute approximate surface area is 163 Å². The minimum atomic E-state index is -4.68. The Hall–Kier alpha value is -3.12. The Kier molecular flexibility index (Phi) is 5.48. The van der Waals surface area contributed by atoms with Crippen molar-refractivity contribution in [2.45, 2.75) is 11.1 Å². The van der Waals surface area contributed by atoms with Crippen LogP contribution in [-0.2, 0) is 14.8 Å². The fourth-order valence-corrected chi connectivity index (χ4v) is 3.41. The van der Waals surface area contributed by atoms with Crippen LogP contribution in [0.1, 0.15) is 10.4 Å². The molecule has 0 fully saturated rings. The summed E-state index contributed by atoms with van der Waals surface area (Å²) in [5, 5.41) is 5.12. The minimum absolute atomic E-state index is 0.170. The van der Waals surface area contributed by atoms with Crippen molar-refractivity contribution in [2.75, 3.05) is 23.8 Å². The average molecular weight is 429 g/mol. The van der Waals surface area contributed by atoms with E-state index < -0.39 is 28.7 Å². The minimum Gasteiger partial charge on any atom is -0.482 e. The fourth-order valence-electron chi connectivity index (χ4n) is 2.40. The number of carbonyl (C=O) groups excluding carboxylic acids is 2. The molecule has 3 rings (SSSR count). The lowest BCUT2D eigenvalue weighted by molar-refractivity contribution is -0.121. The Morgan fingerprint density at radius 3 is 2.48 bits per heavy atom. The lowest BCUT2D eigenvalue weighted by Gasteiger charge is -2.18. The third-order valence-electron chi connectivity index (χ3n) is 3.76. The van der Waals surface area contributed by atoms with Gasteiger partial charge in [0.2, 0.25) is 10.0 Å². The molecule has 154 valence electrons. The molecule has 0 spiro atoms. The molecule has 0 bridgehead atoms. The molecule has 3 N–H and O–H groups in total. The molecule has 1 aliphatic rings. The quantitative estimate of drug-likeness (QED) is 0.674. The Morgan fingerprint density at radius 1 is 1.14 bits per heavy atom. The number of amides is 2. The molecular weight excluding hydrogens is 415 g/mol. The van der Waals surface area contributed by atoms with Crippen molar-refractivity contribution in [3.63, 3.8) is 0 Å². The van der Waals surface area contributed by atoms with Crippen molar-refractivity contribution in [1.29, 1.82) is 0 Å². The van der Waals surface area contributed by atoms with E-state index in [1.54, 1.807) is 0 Å². The second kappa shape index (κ2) is 7.72. The number of anilines is 2. The topological polar surface area (TPSA) is 114 Å². The van der Waals surface area contributed by atoms with Gasteiger partial charge < -0.3 is 15.4 Å². The predicted molar refractivity (Wildman–Crippen MR) is 96.2 cm³/mol. The molecule has 1 heterocycles. The van der Waals surface area contributed by atoms with Crippen molar-refractivity contribution in [1.82, 2.24) is 4.72 Å². The lowest BCUT2D eigenvalue weighted by Crippen LogP contribution is -2.33. The van der Waals surface area contributed by atoms with Crippen molar-refractivity contribution < 1.29 is 35.9 Å². The van der Waals surface area contributed by atoms with Gasteiger partial charge in [0, 0.05) is 11.3 Å². The summed E-state index contributed by atoms with van der Waals surface area (Å²) in [6, 6.07) is 9.03. The van der Waals surface area contributed by atoms with Gasteiger partial charge in [-0.2, -0.15) is 13.2 Å². The highest BCUT2D eigenvalue weighted by Gasteiger charge is 2.30. The molecule has 0 saturated heterocycles. The van der Waals surface area contributed by atoms with Gasteiger partial charge in [-0.1, -0.05) is 0 Å². The van der Waals surface area contributed by atoms with Crippen LogP contribution in [0, 0.1) is 0 Å². The van der Waals surface area contributed by atoms with Crippen molar-refractivity contribution >= 4 is 33.2 Å². The smallest absolute Gasteiger partial charge is 0.402 e. The Balaban J connectivity index is 1.68. The largest absolute Gasteiger partial charge is 0.482 e. The van der Waals surface area contributed by atoms with Crippen molar-refractivity contribution in [3.05, 3.63) is 48.0 Å². The number of benzene rings is 2. The van der Waals surface area contributed by atoms with E-state index in [-0.39, 0.29) is 28.7 Å². The Morgan fingerprint density at radius 2 is 1.83 bits per heavy atom. The zero-order chi connectivity index (χ0) is 21.2. The van der Waals surface area contributed by atoms with Crippen LogP contribution in [-0.4, -0.2) is 39.6 Å². The molecule has 29 heavy (non-hydrogen) atoms. The number of sulfonamides is 1. The van der Waals surface area contributed by atoms with Crippen LogP contribution in [0.5, 0.6) is 5.75 Å². The van der Waals surface area contributed by atoms with Gasteiger partial charge in [-0.05, 0) is 42.5 Å². The summed E-state index contributed by atoms with van der Waals surface area (Å²) in [5.41, 5.74) is 0.888. The molecule has 0 radical (unpaired) electrons. The fraction of sp³-hybridized carbons (Fsp3) is 0.176. The monoisotopic (exact) mass is 429 g/mol. The van der Waals surface area contributed by atoms with Crippen LogP contribution in [0.25, 0.3) is 0 Å². The molecule has 0 saturated carbocycles. The zero-order valence-corrected chi connectivity index (χ0v) is 15.4. The van der Waals surface area contributed by atoms with Gasteiger partial charge in [0.15, 0.2) is 6.61 Å². The molecule has 2 aromatic rings. The molecular formula is C17H14F3N3O5S. The first kappa shape index (κ1) is 20.6. The van der Waals surface area contributed by atoms with E-state index in [2.05, 4.69) is 10.6 Å². The summed E-state index contributed by atoms with van der Waals surface area (Å²) in [7, 11) is -4.34. The maximum absolute atomic E-state index is 12.3. The number of hydrogen-bond donors (Lipinski definition) is 3. The van der Waals surface area contributed by atoms with Gasteiger partial charge in [0.25, 0.3) is 11.8 Å². The SMILES string of the molecule is O=C1COc2cc(C(=O)Nc3ccc(S(=O)(=O)NCC(F)(F)F)cc3)ccc2N1. The highest BCUT2D eigenvalue weighted by atomic mass is 32.2. The van der Waals surface area contributed by atoms with Crippen LogP contribution in [0.2, 0.25) is 0 Å². The number of rotatable bonds is 5. The number of ether oxygens (including phenoxy) is 1. The van der Waals surface area contributed by atoms with Gasteiger partial charge in [-0.3, -0.25) is 9.59 Å². The summed E-state index contributed by atoms with van der Waals surface area (Å²) in [5.74, 6) is -0.511. The summed E-state index contributed by atoms with van der Waals surface area (Å²) in [4.78, 5) is 23.2. The highest BCUT2D eigenvalue weighted by Crippen LogP contribution is 2.29. The third kappa shape index (κ3) is 5.23. The third-order valence-corrected chi connectivity index (χ3v) is 5.18. The summed E-state index contributed by atoms with van der Waals surface area (Å²) >= 11 is 0. The van der Waals surface area contributed by atoms with E-state index in [1.807, 2.05) is 0 Å². The molecule has 12 heteroatoms. The molecule has 0 atom stereocenters. The molecule has 0 aliphatic carbocycles. The van der Waals surface area contributed by atoms with Crippen LogP contribution in [0.3, 0.4) is 0 Å². The standard InChI is InChI=1S/C17H14F3N3O5S/c18-17(19,20)9-21-29(26,27)12-4-2-11(3-5-12)22-16(25)10-1-6-13-14(7-10)28-8-15(24)23-13/h1-7,21H,8-9H2,(H,22,25)(H,23,24). The van der Waals surface area contributed by atoms with E-state index >= 15 is 0 Å². The number of nitrogens with one attached hydrogen (secondary N) is 3. The number of halogens is 3. The van der Waals surface area contributed by atoms with Gasteiger partial charge in [-0.25, -0.2) is 13.1 Å². The summed E-state index contributed by atoms with van der Waals surface area (Å²) < 4.78 is 67.0. The Bertz CT molecular complexity index is 1050. The molecule has 1 aliphatic heterocycles. The van der Waals surface area contributed by atoms with Crippen LogP contribution in [0.4, 0.5) is 24.5 Å². The van der Waals surface area contributed by atoms with Crippen LogP contribution in [0.15, 0.2) is 47.4 Å². The zero-order valence-electron chi connectivity index (χ0n) is 14.5. The summed E-state index contributed by atoms with van der Waals surface area (Å²) in [6.45, 7) is -1.86. The second-order valence-electron chi connectivity index (χ2n) is 5.97. The van der Waals surface area contributed by atoms with E-state index in [9.17, 15) is 31.2 Å². The first-order valence-electron chi connectivity index (χ1n) is 8.08.